The molecule has 0 aromatic carbocycles. The molecule has 0 amide bonds. The van der Waals surface area contributed by atoms with Crippen molar-refractivity contribution in [1.29, 1.82) is 0 Å². The Bertz CT molecular complexity index is 515. The van der Waals surface area contributed by atoms with Gasteiger partial charge in [-0.05, 0) is 12.3 Å². The van der Waals surface area contributed by atoms with Crippen molar-refractivity contribution in [2.75, 3.05) is 6.61 Å². The number of carboxylic acids is 3. The van der Waals surface area contributed by atoms with Gasteiger partial charge in [-0.2, -0.15) is 0 Å². The highest BCUT2D eigenvalue weighted by atomic mass is 16.5. The molecular weight excluding hydrogens is 380 g/mol. The lowest BCUT2D eigenvalue weighted by atomic mass is 9.87. The summed E-state index contributed by atoms with van der Waals surface area (Å²) < 4.78 is 5.00. The summed E-state index contributed by atoms with van der Waals surface area (Å²) >= 11 is 0. The lowest BCUT2D eigenvalue weighted by Crippen LogP contribution is -2.33. The minimum absolute atomic E-state index is 0.149. The van der Waals surface area contributed by atoms with E-state index < -0.39 is 48.6 Å². The Hall–Kier alpha value is -2.12. The molecule has 0 rings (SSSR count). The van der Waals surface area contributed by atoms with Crippen molar-refractivity contribution in [3.63, 3.8) is 0 Å². The number of ether oxygens (including phenoxy) is 1. The van der Waals surface area contributed by atoms with Gasteiger partial charge in [0.1, 0.15) is 0 Å². The lowest BCUT2D eigenvalue weighted by molar-refractivity contribution is -0.161. The fraction of sp³-hybridized carbons (Fsp3) is 0.810. The normalized spacial score (nSPS) is 13.1. The Morgan fingerprint density at radius 2 is 1.14 bits per heavy atom. The van der Waals surface area contributed by atoms with Gasteiger partial charge in [-0.3, -0.25) is 19.2 Å². The van der Waals surface area contributed by atoms with Gasteiger partial charge in [0.05, 0.1) is 31.3 Å². The number of esters is 1. The summed E-state index contributed by atoms with van der Waals surface area (Å²) in [7, 11) is 0. The van der Waals surface area contributed by atoms with Crippen molar-refractivity contribution in [2.45, 2.75) is 84.5 Å². The van der Waals surface area contributed by atoms with E-state index in [-0.39, 0.29) is 6.61 Å². The molecule has 0 aliphatic carbocycles. The van der Waals surface area contributed by atoms with Gasteiger partial charge in [0.2, 0.25) is 0 Å². The molecule has 0 aliphatic rings. The monoisotopic (exact) mass is 416 g/mol. The third kappa shape index (κ3) is 14.5. The average Bonchev–Trinajstić information content (AvgIpc) is 2.61. The van der Waals surface area contributed by atoms with Gasteiger partial charge < -0.3 is 20.1 Å². The van der Waals surface area contributed by atoms with E-state index in [1.165, 1.54) is 32.1 Å². The molecule has 3 N–H and O–H groups in total. The third-order valence-corrected chi connectivity index (χ3v) is 4.84. The van der Waals surface area contributed by atoms with E-state index in [9.17, 15) is 19.2 Å². The molecular formula is C21H36O8. The first kappa shape index (κ1) is 26.9. The number of carbonyl (C=O) groups excluding carboxylic acids is 1. The van der Waals surface area contributed by atoms with Crippen molar-refractivity contribution in [1.82, 2.24) is 0 Å². The Balaban J connectivity index is 3.99. The number of carbonyl (C=O) groups is 4. The molecule has 2 unspecified atom stereocenters. The lowest BCUT2D eigenvalue weighted by Gasteiger charge is -2.18. The first-order valence-electron chi connectivity index (χ1n) is 10.5. The first-order chi connectivity index (χ1) is 13.6. The van der Waals surface area contributed by atoms with E-state index in [2.05, 4.69) is 13.8 Å². The maximum Gasteiger partial charge on any atom is 0.307 e. The second-order valence-electron chi connectivity index (χ2n) is 7.92. The van der Waals surface area contributed by atoms with Crippen LogP contribution in [0.4, 0.5) is 0 Å². The Kier molecular flexibility index (Phi) is 14.6. The molecule has 168 valence electrons. The summed E-state index contributed by atoms with van der Waals surface area (Å²) in [6.45, 7) is 4.61. The fourth-order valence-corrected chi connectivity index (χ4v) is 3.13. The molecule has 8 heteroatoms. The van der Waals surface area contributed by atoms with Crippen LogP contribution in [-0.2, 0) is 23.9 Å². The highest BCUT2D eigenvalue weighted by molar-refractivity contribution is 5.86. The zero-order valence-corrected chi connectivity index (χ0v) is 17.6. The standard InChI is InChI=1S/C21H36O8/c1-15(2)11-9-7-5-3-4-6-8-10-12-29-19(24)14-17(21(27)28)16(20(25)26)13-18(22)23/h15-17H,3-14H2,1-2H3,(H,22,23)(H,25,26)(H,27,28). The molecule has 29 heavy (non-hydrogen) atoms. The molecule has 0 bridgehead atoms. The summed E-state index contributed by atoms with van der Waals surface area (Å²) in [6.07, 6.45) is 8.46. The number of carboxylic acid groups (broad SMARTS) is 3. The molecule has 0 heterocycles. The quantitative estimate of drug-likeness (QED) is 0.225. The fourth-order valence-electron chi connectivity index (χ4n) is 3.13. The molecule has 0 radical (unpaired) electrons. The van der Waals surface area contributed by atoms with Gasteiger partial charge in [-0.1, -0.05) is 65.2 Å². The second-order valence-corrected chi connectivity index (χ2v) is 7.92. The predicted molar refractivity (Wildman–Crippen MR) is 106 cm³/mol. The highest BCUT2D eigenvalue weighted by Gasteiger charge is 2.37. The van der Waals surface area contributed by atoms with Crippen LogP contribution in [0.25, 0.3) is 0 Å². The Labute approximate surface area is 172 Å². The summed E-state index contributed by atoms with van der Waals surface area (Å²) in [6, 6.07) is 0. The molecule has 0 aromatic rings. The number of hydrogen-bond acceptors (Lipinski definition) is 5. The van der Waals surface area contributed by atoms with Crippen LogP contribution < -0.4 is 0 Å². The average molecular weight is 417 g/mol. The minimum atomic E-state index is -1.68. The first-order valence-corrected chi connectivity index (χ1v) is 10.5. The molecule has 0 aliphatic heterocycles. The van der Waals surface area contributed by atoms with Crippen LogP contribution in [0.3, 0.4) is 0 Å². The highest BCUT2D eigenvalue weighted by Crippen LogP contribution is 2.22. The van der Waals surface area contributed by atoms with Crippen LogP contribution in [-0.4, -0.2) is 45.8 Å². The number of unbranched alkanes of at least 4 members (excludes halogenated alkanes) is 7. The Morgan fingerprint density at radius 1 is 0.690 bits per heavy atom. The molecule has 0 saturated heterocycles. The summed E-state index contributed by atoms with van der Waals surface area (Å²) in [5.74, 6) is -7.89. The largest absolute Gasteiger partial charge is 0.481 e. The SMILES string of the molecule is CC(C)CCCCCCCCCCOC(=O)CC(C(=O)O)C(CC(=O)O)C(=O)O. The Morgan fingerprint density at radius 3 is 1.59 bits per heavy atom. The van der Waals surface area contributed by atoms with Gasteiger partial charge in [-0.25, -0.2) is 0 Å². The summed E-state index contributed by atoms with van der Waals surface area (Å²) in [5, 5.41) is 27.0. The number of hydrogen-bond donors (Lipinski definition) is 3. The van der Waals surface area contributed by atoms with E-state index in [4.69, 9.17) is 20.1 Å². The number of aliphatic carboxylic acids is 3. The summed E-state index contributed by atoms with van der Waals surface area (Å²) in [5.41, 5.74) is 0. The van der Waals surface area contributed by atoms with Crippen LogP contribution in [0.1, 0.15) is 84.5 Å². The van der Waals surface area contributed by atoms with Crippen molar-refractivity contribution in [3.8, 4) is 0 Å². The zero-order valence-electron chi connectivity index (χ0n) is 17.6. The van der Waals surface area contributed by atoms with Crippen molar-refractivity contribution in [2.24, 2.45) is 17.8 Å². The van der Waals surface area contributed by atoms with Crippen LogP contribution in [0, 0.1) is 17.8 Å². The van der Waals surface area contributed by atoms with Crippen molar-refractivity contribution < 1.29 is 39.2 Å². The van der Waals surface area contributed by atoms with Crippen LogP contribution in [0.2, 0.25) is 0 Å². The van der Waals surface area contributed by atoms with Crippen LogP contribution in [0.15, 0.2) is 0 Å². The van der Waals surface area contributed by atoms with Gasteiger partial charge in [0.25, 0.3) is 0 Å². The van der Waals surface area contributed by atoms with Gasteiger partial charge in [0, 0.05) is 0 Å². The van der Waals surface area contributed by atoms with E-state index in [1.807, 2.05) is 0 Å². The molecule has 0 aromatic heterocycles. The van der Waals surface area contributed by atoms with E-state index in [0.717, 1.165) is 25.2 Å². The summed E-state index contributed by atoms with van der Waals surface area (Å²) in [4.78, 5) is 45.0. The molecule has 8 nitrogen and oxygen atoms in total. The van der Waals surface area contributed by atoms with Crippen LogP contribution >= 0.6 is 0 Å². The molecule has 0 saturated carbocycles. The van der Waals surface area contributed by atoms with Crippen LogP contribution in [0.5, 0.6) is 0 Å². The van der Waals surface area contributed by atoms with Crippen molar-refractivity contribution >= 4 is 23.9 Å². The number of rotatable bonds is 18. The van der Waals surface area contributed by atoms with Gasteiger partial charge in [0.15, 0.2) is 0 Å². The second kappa shape index (κ2) is 15.8. The van der Waals surface area contributed by atoms with Gasteiger partial charge >= 0.3 is 23.9 Å². The molecule has 0 spiro atoms. The smallest absolute Gasteiger partial charge is 0.307 e. The maximum atomic E-state index is 11.8. The van der Waals surface area contributed by atoms with E-state index in [1.54, 1.807) is 0 Å². The third-order valence-electron chi connectivity index (χ3n) is 4.84. The molecule has 2 atom stereocenters. The predicted octanol–water partition coefficient (Wildman–Crippen LogP) is 3.96. The zero-order chi connectivity index (χ0) is 22.2. The van der Waals surface area contributed by atoms with E-state index in [0.29, 0.717) is 6.42 Å². The maximum absolute atomic E-state index is 11.8. The topological polar surface area (TPSA) is 138 Å². The van der Waals surface area contributed by atoms with E-state index >= 15 is 0 Å². The minimum Gasteiger partial charge on any atom is -0.481 e. The van der Waals surface area contributed by atoms with Crippen molar-refractivity contribution in [3.05, 3.63) is 0 Å². The molecule has 0 fully saturated rings. The van der Waals surface area contributed by atoms with Gasteiger partial charge in [-0.15, -0.1) is 0 Å².